The van der Waals surface area contributed by atoms with Gasteiger partial charge in [-0.3, -0.25) is 4.40 Å². The minimum absolute atomic E-state index is 0.702. The summed E-state index contributed by atoms with van der Waals surface area (Å²) < 4.78 is 7.49. The van der Waals surface area contributed by atoms with Crippen LogP contribution in [0.4, 0.5) is 0 Å². The first-order valence-corrected chi connectivity index (χ1v) is 7.94. The van der Waals surface area contributed by atoms with Gasteiger partial charge in [-0.15, -0.1) is 0 Å². The zero-order valence-electron chi connectivity index (χ0n) is 11.7. The van der Waals surface area contributed by atoms with E-state index in [0.717, 1.165) is 27.7 Å². The van der Waals surface area contributed by atoms with E-state index >= 15 is 0 Å². The molecule has 0 atom stereocenters. The van der Waals surface area contributed by atoms with Gasteiger partial charge in [0.05, 0.1) is 17.5 Å². The SMILES string of the molecule is c1ccc(-c2cc(CSc3ncc4ccccn34)on2)cc1. The number of rotatable bonds is 4. The summed E-state index contributed by atoms with van der Waals surface area (Å²) in [6.07, 6.45) is 3.89. The second-order valence-electron chi connectivity index (χ2n) is 4.87. The van der Waals surface area contributed by atoms with Gasteiger partial charge < -0.3 is 4.52 Å². The van der Waals surface area contributed by atoms with Crippen LogP contribution in [0.2, 0.25) is 0 Å². The molecule has 4 rings (SSSR count). The molecule has 0 unspecified atom stereocenters. The van der Waals surface area contributed by atoms with Crippen LogP contribution < -0.4 is 0 Å². The monoisotopic (exact) mass is 307 g/mol. The molecular weight excluding hydrogens is 294 g/mol. The van der Waals surface area contributed by atoms with Crippen LogP contribution in [0.5, 0.6) is 0 Å². The van der Waals surface area contributed by atoms with Crippen molar-refractivity contribution in [1.29, 1.82) is 0 Å². The summed E-state index contributed by atoms with van der Waals surface area (Å²) in [6.45, 7) is 0. The molecule has 0 amide bonds. The van der Waals surface area contributed by atoms with E-state index in [9.17, 15) is 0 Å². The summed E-state index contributed by atoms with van der Waals surface area (Å²) in [6, 6.07) is 18.1. The quantitative estimate of drug-likeness (QED) is 0.528. The molecule has 0 aliphatic heterocycles. The van der Waals surface area contributed by atoms with Gasteiger partial charge in [0.15, 0.2) is 5.16 Å². The summed E-state index contributed by atoms with van der Waals surface area (Å²) in [4.78, 5) is 4.44. The van der Waals surface area contributed by atoms with Crippen LogP contribution in [0.3, 0.4) is 0 Å². The van der Waals surface area contributed by atoms with E-state index in [0.29, 0.717) is 5.75 Å². The maximum Gasteiger partial charge on any atom is 0.173 e. The number of pyridine rings is 1. The third kappa shape index (κ3) is 2.51. The molecule has 0 aliphatic rings. The van der Waals surface area contributed by atoms with Crippen LogP contribution in [0, 0.1) is 0 Å². The molecule has 3 heterocycles. The van der Waals surface area contributed by atoms with Crippen molar-refractivity contribution in [2.24, 2.45) is 0 Å². The lowest BCUT2D eigenvalue weighted by molar-refractivity contribution is 0.397. The number of hydrogen-bond donors (Lipinski definition) is 0. The van der Waals surface area contributed by atoms with Gasteiger partial charge in [0, 0.05) is 17.8 Å². The van der Waals surface area contributed by atoms with Gasteiger partial charge in [0.25, 0.3) is 0 Å². The van der Waals surface area contributed by atoms with Crippen molar-refractivity contribution in [2.75, 3.05) is 0 Å². The molecule has 0 fully saturated rings. The van der Waals surface area contributed by atoms with Gasteiger partial charge in [-0.2, -0.15) is 0 Å². The van der Waals surface area contributed by atoms with Crippen LogP contribution >= 0.6 is 11.8 Å². The standard InChI is InChI=1S/C17H13N3OS/c1-2-6-13(7-3-1)16-10-15(21-19-16)12-22-17-18-11-14-8-4-5-9-20(14)17/h1-11H,12H2. The van der Waals surface area contributed by atoms with E-state index in [2.05, 4.69) is 14.5 Å². The van der Waals surface area contributed by atoms with Crippen molar-refractivity contribution in [2.45, 2.75) is 10.9 Å². The number of hydrogen-bond acceptors (Lipinski definition) is 4. The average Bonchev–Trinajstić information content (AvgIpc) is 3.21. The van der Waals surface area contributed by atoms with Gasteiger partial charge in [-0.05, 0) is 12.1 Å². The third-order valence-electron chi connectivity index (χ3n) is 3.38. The zero-order valence-corrected chi connectivity index (χ0v) is 12.5. The van der Waals surface area contributed by atoms with Crippen molar-refractivity contribution >= 4 is 17.3 Å². The molecule has 0 bridgehead atoms. The number of fused-ring (bicyclic) bond motifs is 1. The summed E-state index contributed by atoms with van der Waals surface area (Å²) in [5, 5.41) is 5.09. The molecular formula is C17H13N3OS. The fraction of sp³-hybridized carbons (Fsp3) is 0.0588. The molecule has 4 nitrogen and oxygen atoms in total. The molecule has 4 aromatic rings. The first-order valence-electron chi connectivity index (χ1n) is 6.96. The van der Waals surface area contributed by atoms with E-state index in [4.69, 9.17) is 4.52 Å². The van der Waals surface area contributed by atoms with Crippen LogP contribution in [-0.4, -0.2) is 14.5 Å². The normalized spacial score (nSPS) is 11.1. The van der Waals surface area contributed by atoms with Gasteiger partial charge in [0.2, 0.25) is 0 Å². The first kappa shape index (κ1) is 13.2. The van der Waals surface area contributed by atoms with E-state index in [1.54, 1.807) is 11.8 Å². The number of aromatic nitrogens is 3. The molecule has 0 spiro atoms. The highest BCUT2D eigenvalue weighted by atomic mass is 32.2. The Hall–Kier alpha value is -2.53. The summed E-state index contributed by atoms with van der Waals surface area (Å²) in [5.41, 5.74) is 3.02. The summed E-state index contributed by atoms with van der Waals surface area (Å²) >= 11 is 1.64. The Kier molecular flexibility index (Phi) is 3.40. The highest BCUT2D eigenvalue weighted by molar-refractivity contribution is 7.98. The number of thioether (sulfide) groups is 1. The predicted octanol–water partition coefficient (Wildman–Crippen LogP) is 4.28. The summed E-state index contributed by atoms with van der Waals surface area (Å²) in [5.74, 6) is 1.55. The van der Waals surface area contributed by atoms with E-state index in [1.165, 1.54) is 0 Å². The second kappa shape index (κ2) is 5.69. The second-order valence-corrected chi connectivity index (χ2v) is 5.81. The minimum Gasteiger partial charge on any atom is -0.360 e. The van der Waals surface area contributed by atoms with E-state index in [-0.39, 0.29) is 0 Å². The molecule has 0 N–H and O–H groups in total. The Morgan fingerprint density at radius 3 is 2.82 bits per heavy atom. The molecule has 0 saturated heterocycles. The fourth-order valence-electron chi connectivity index (χ4n) is 2.29. The lowest BCUT2D eigenvalue weighted by Crippen LogP contribution is -1.86. The highest BCUT2D eigenvalue weighted by Crippen LogP contribution is 2.25. The summed E-state index contributed by atoms with van der Waals surface area (Å²) in [7, 11) is 0. The maximum atomic E-state index is 5.42. The Bertz CT molecular complexity index is 898. The van der Waals surface area contributed by atoms with E-state index in [1.807, 2.05) is 67.0 Å². The van der Waals surface area contributed by atoms with Crippen molar-refractivity contribution in [1.82, 2.24) is 14.5 Å². The van der Waals surface area contributed by atoms with Crippen molar-refractivity contribution in [3.63, 3.8) is 0 Å². The zero-order chi connectivity index (χ0) is 14.8. The fourth-order valence-corrected chi connectivity index (χ4v) is 3.13. The smallest absolute Gasteiger partial charge is 0.173 e. The van der Waals surface area contributed by atoms with Crippen LogP contribution in [0.15, 0.2) is 76.7 Å². The average molecular weight is 307 g/mol. The Labute approximate surface area is 131 Å². The predicted molar refractivity (Wildman–Crippen MR) is 86.7 cm³/mol. The van der Waals surface area contributed by atoms with Crippen LogP contribution in [0.1, 0.15) is 5.76 Å². The topological polar surface area (TPSA) is 43.3 Å². The molecule has 1 aromatic carbocycles. The van der Waals surface area contributed by atoms with Crippen LogP contribution in [-0.2, 0) is 5.75 Å². The van der Waals surface area contributed by atoms with Gasteiger partial charge >= 0.3 is 0 Å². The molecule has 3 aromatic heterocycles. The highest BCUT2D eigenvalue weighted by Gasteiger charge is 2.09. The van der Waals surface area contributed by atoms with Gasteiger partial charge in [-0.25, -0.2) is 4.98 Å². The van der Waals surface area contributed by atoms with Crippen molar-refractivity contribution < 1.29 is 4.52 Å². The lowest BCUT2D eigenvalue weighted by atomic mass is 10.1. The molecule has 0 aliphatic carbocycles. The van der Waals surface area contributed by atoms with Gasteiger partial charge in [-0.1, -0.05) is 53.3 Å². The molecule has 0 saturated carbocycles. The first-order chi connectivity index (χ1) is 10.9. The minimum atomic E-state index is 0.702. The van der Waals surface area contributed by atoms with Crippen molar-refractivity contribution in [3.8, 4) is 11.3 Å². The molecule has 108 valence electrons. The Morgan fingerprint density at radius 1 is 1.05 bits per heavy atom. The number of benzene rings is 1. The number of imidazole rings is 1. The van der Waals surface area contributed by atoms with Crippen molar-refractivity contribution in [3.05, 3.63) is 72.8 Å². The van der Waals surface area contributed by atoms with E-state index < -0.39 is 0 Å². The molecule has 0 radical (unpaired) electrons. The number of nitrogens with zero attached hydrogens (tertiary/aromatic N) is 3. The third-order valence-corrected chi connectivity index (χ3v) is 4.37. The Balaban J connectivity index is 1.52. The lowest BCUT2D eigenvalue weighted by Gasteiger charge is -1.98. The van der Waals surface area contributed by atoms with Crippen LogP contribution in [0.25, 0.3) is 16.8 Å². The largest absolute Gasteiger partial charge is 0.360 e. The maximum absolute atomic E-state index is 5.42. The molecule has 5 heteroatoms. The Morgan fingerprint density at radius 2 is 1.91 bits per heavy atom. The molecule has 22 heavy (non-hydrogen) atoms. The van der Waals surface area contributed by atoms with Gasteiger partial charge in [0.1, 0.15) is 11.5 Å².